The number of esters is 2. The summed E-state index contributed by atoms with van der Waals surface area (Å²) in [6.45, 7) is 4.76. The molecule has 0 fully saturated rings. The Bertz CT molecular complexity index is 1300. The summed E-state index contributed by atoms with van der Waals surface area (Å²) in [4.78, 5) is 25.4. The summed E-state index contributed by atoms with van der Waals surface area (Å²) in [6.07, 6.45) is 50.5. The minimum atomic E-state index is -4.77. The number of hydrogen-bond acceptors (Lipinski definition) is 6. The standard InChI is InChI=1S/C50H86O7S/c1-3-5-7-9-11-13-15-17-19-21-23-25-27-29-31-33-35-37-39-44-56-49(51)46-42-41-43-47(58(53,54)55)48(46)50(52)57-45-40-38-36-34-32-30-28-26-24-22-20-18-16-14-12-10-8-6-4-2/h9-12,41-43H,3-8,13-40,44-45H2,1-2H3,(H,53,54,55)/b11-9+,12-10+. The van der Waals surface area contributed by atoms with Crippen LogP contribution in [0.5, 0.6) is 0 Å². The molecule has 0 atom stereocenters. The summed E-state index contributed by atoms with van der Waals surface area (Å²) in [5.74, 6) is -1.74. The maximum atomic E-state index is 13.1. The van der Waals surface area contributed by atoms with E-state index in [9.17, 15) is 22.6 Å². The van der Waals surface area contributed by atoms with Gasteiger partial charge in [-0.1, -0.05) is 211 Å². The molecule has 8 heteroatoms. The molecule has 1 N–H and O–H groups in total. The first-order chi connectivity index (χ1) is 28.3. The number of hydrogen-bond donors (Lipinski definition) is 1. The molecule has 0 aliphatic carbocycles. The van der Waals surface area contributed by atoms with Gasteiger partial charge in [0, 0.05) is 0 Å². The van der Waals surface area contributed by atoms with Crippen LogP contribution in [0.25, 0.3) is 0 Å². The normalized spacial score (nSPS) is 11.9. The zero-order valence-electron chi connectivity index (χ0n) is 37.3. The van der Waals surface area contributed by atoms with E-state index in [4.69, 9.17) is 9.47 Å². The Morgan fingerprint density at radius 1 is 0.466 bits per heavy atom. The van der Waals surface area contributed by atoms with Gasteiger partial charge in [0.1, 0.15) is 4.90 Å². The zero-order chi connectivity index (χ0) is 42.2. The Morgan fingerprint density at radius 2 is 0.776 bits per heavy atom. The summed E-state index contributed by atoms with van der Waals surface area (Å²) in [6, 6.07) is 3.77. The topological polar surface area (TPSA) is 107 Å². The van der Waals surface area contributed by atoms with Gasteiger partial charge in [-0.15, -0.1) is 0 Å². The maximum Gasteiger partial charge on any atom is 0.340 e. The number of rotatable bonds is 41. The second kappa shape index (κ2) is 38.7. The molecule has 1 aromatic rings. The smallest absolute Gasteiger partial charge is 0.340 e. The predicted molar refractivity (Wildman–Crippen MR) is 243 cm³/mol. The van der Waals surface area contributed by atoms with Crippen LogP contribution in [-0.4, -0.2) is 38.1 Å². The Kier molecular flexibility index (Phi) is 35.8. The zero-order valence-corrected chi connectivity index (χ0v) is 38.1. The third kappa shape index (κ3) is 30.6. The second-order valence-corrected chi connectivity index (χ2v) is 17.8. The van der Waals surface area contributed by atoms with Crippen molar-refractivity contribution in [1.82, 2.24) is 0 Å². The molecule has 0 saturated carbocycles. The number of unbranched alkanes of at least 4 members (excludes halogenated alkanes) is 30. The fourth-order valence-corrected chi connectivity index (χ4v) is 8.04. The van der Waals surface area contributed by atoms with Crippen LogP contribution in [0.3, 0.4) is 0 Å². The summed E-state index contributed by atoms with van der Waals surface area (Å²) < 4.78 is 44.9. The first kappa shape index (κ1) is 53.6. The van der Waals surface area contributed by atoms with Crippen LogP contribution in [0.2, 0.25) is 0 Å². The van der Waals surface area contributed by atoms with Gasteiger partial charge in [0.25, 0.3) is 10.1 Å². The third-order valence-corrected chi connectivity index (χ3v) is 11.9. The van der Waals surface area contributed by atoms with Crippen LogP contribution in [-0.2, 0) is 19.6 Å². The SMILES string of the molecule is CCCC/C=C/CCCCCCCCCCCCCCCOC(=O)c1cccc(S(=O)(=O)O)c1C(=O)OCCCCCCCCCCCCCCC/C=C/CCCC. The molecule has 0 radical (unpaired) electrons. The van der Waals surface area contributed by atoms with Gasteiger partial charge in [-0.25, -0.2) is 9.59 Å². The Balaban J connectivity index is 2.17. The molecule has 0 unspecified atom stereocenters. The van der Waals surface area contributed by atoms with Crippen molar-refractivity contribution in [2.75, 3.05) is 13.2 Å². The van der Waals surface area contributed by atoms with Crippen LogP contribution in [0.15, 0.2) is 47.4 Å². The highest BCUT2D eigenvalue weighted by Gasteiger charge is 2.28. The Hall–Kier alpha value is -2.45. The lowest BCUT2D eigenvalue weighted by Crippen LogP contribution is -2.19. The minimum absolute atomic E-state index is 0.111. The van der Waals surface area contributed by atoms with Crippen LogP contribution >= 0.6 is 0 Å². The molecular formula is C50H86O7S. The molecular weight excluding hydrogens is 745 g/mol. The van der Waals surface area contributed by atoms with E-state index in [1.54, 1.807) is 0 Å². The molecule has 0 aliphatic heterocycles. The highest BCUT2D eigenvalue weighted by atomic mass is 32.2. The van der Waals surface area contributed by atoms with Crippen LogP contribution < -0.4 is 0 Å². The highest BCUT2D eigenvalue weighted by molar-refractivity contribution is 7.86. The lowest BCUT2D eigenvalue weighted by molar-refractivity contribution is 0.0446. The van der Waals surface area contributed by atoms with Crippen LogP contribution in [0, 0.1) is 0 Å². The van der Waals surface area contributed by atoms with Crippen molar-refractivity contribution in [3.05, 3.63) is 53.6 Å². The molecule has 7 nitrogen and oxygen atoms in total. The molecule has 1 aromatic carbocycles. The van der Waals surface area contributed by atoms with Gasteiger partial charge >= 0.3 is 11.9 Å². The molecule has 0 bridgehead atoms. The fraction of sp³-hybridized carbons (Fsp3) is 0.760. The molecule has 0 amide bonds. The summed E-state index contributed by atoms with van der Waals surface area (Å²) in [5.41, 5.74) is -0.670. The highest BCUT2D eigenvalue weighted by Crippen LogP contribution is 2.23. The lowest BCUT2D eigenvalue weighted by atomic mass is 10.0. The van der Waals surface area contributed by atoms with Gasteiger partial charge in [-0.2, -0.15) is 8.42 Å². The summed E-state index contributed by atoms with van der Waals surface area (Å²) >= 11 is 0. The molecule has 0 aromatic heterocycles. The fourth-order valence-electron chi connectivity index (χ4n) is 7.34. The van der Waals surface area contributed by atoms with Crippen molar-refractivity contribution < 1.29 is 32.0 Å². The molecule has 58 heavy (non-hydrogen) atoms. The van der Waals surface area contributed by atoms with Gasteiger partial charge in [0.15, 0.2) is 0 Å². The van der Waals surface area contributed by atoms with Gasteiger partial charge in [0.2, 0.25) is 0 Å². The van der Waals surface area contributed by atoms with Crippen LogP contribution in [0.1, 0.15) is 253 Å². The summed E-state index contributed by atoms with van der Waals surface area (Å²) in [7, 11) is -4.77. The van der Waals surface area contributed by atoms with E-state index in [-0.39, 0.29) is 18.8 Å². The quantitative estimate of drug-likeness (QED) is 0.0303. The molecule has 0 heterocycles. The first-order valence-electron chi connectivity index (χ1n) is 24.1. The van der Waals surface area contributed by atoms with E-state index >= 15 is 0 Å². The molecule has 0 aliphatic rings. The maximum absolute atomic E-state index is 13.1. The van der Waals surface area contributed by atoms with Crippen molar-refractivity contribution in [1.29, 1.82) is 0 Å². The van der Waals surface area contributed by atoms with Gasteiger partial charge in [0.05, 0.1) is 24.3 Å². The number of ether oxygens (including phenoxy) is 2. The van der Waals surface area contributed by atoms with E-state index in [0.717, 1.165) is 44.6 Å². The first-order valence-corrected chi connectivity index (χ1v) is 25.5. The van der Waals surface area contributed by atoms with Crippen molar-refractivity contribution >= 4 is 22.1 Å². The van der Waals surface area contributed by atoms with E-state index in [2.05, 4.69) is 38.2 Å². The van der Waals surface area contributed by atoms with Gasteiger partial charge < -0.3 is 9.47 Å². The van der Waals surface area contributed by atoms with Crippen molar-refractivity contribution in [2.45, 2.75) is 237 Å². The average Bonchev–Trinajstić information content (AvgIpc) is 3.21. The number of allylic oxidation sites excluding steroid dienone is 4. The number of carbonyl (C=O) groups excluding carboxylic acids is 2. The molecule has 334 valence electrons. The monoisotopic (exact) mass is 831 g/mol. The summed E-state index contributed by atoms with van der Waals surface area (Å²) in [5, 5.41) is 0. The van der Waals surface area contributed by atoms with E-state index in [1.165, 1.54) is 179 Å². The third-order valence-electron chi connectivity index (χ3n) is 11.0. The van der Waals surface area contributed by atoms with E-state index in [0.29, 0.717) is 12.8 Å². The molecule has 0 saturated heterocycles. The average molecular weight is 831 g/mol. The number of carbonyl (C=O) groups is 2. The molecule has 0 spiro atoms. The van der Waals surface area contributed by atoms with Gasteiger partial charge in [-0.05, 0) is 63.5 Å². The largest absolute Gasteiger partial charge is 0.462 e. The van der Waals surface area contributed by atoms with Crippen molar-refractivity contribution in [3.8, 4) is 0 Å². The minimum Gasteiger partial charge on any atom is -0.462 e. The second-order valence-electron chi connectivity index (χ2n) is 16.4. The van der Waals surface area contributed by atoms with Crippen molar-refractivity contribution in [2.24, 2.45) is 0 Å². The molecule has 1 rings (SSSR count). The van der Waals surface area contributed by atoms with Gasteiger partial charge in [-0.3, -0.25) is 4.55 Å². The van der Waals surface area contributed by atoms with E-state index in [1.807, 2.05) is 0 Å². The predicted octanol–water partition coefficient (Wildman–Crippen LogP) is 15.7. The van der Waals surface area contributed by atoms with Crippen LogP contribution in [0.4, 0.5) is 0 Å². The Labute approximate surface area is 356 Å². The van der Waals surface area contributed by atoms with E-state index < -0.39 is 32.5 Å². The van der Waals surface area contributed by atoms with Crippen molar-refractivity contribution in [3.63, 3.8) is 0 Å². The number of benzene rings is 1. The lowest BCUT2D eigenvalue weighted by Gasteiger charge is -2.13. The Morgan fingerprint density at radius 3 is 1.12 bits per heavy atom.